The van der Waals surface area contributed by atoms with E-state index in [1.807, 2.05) is 35.4 Å². The molecule has 0 unspecified atom stereocenters. The minimum atomic E-state index is -0.536. The number of hydrogen-bond acceptors (Lipinski definition) is 7. The summed E-state index contributed by atoms with van der Waals surface area (Å²) in [7, 11) is 2.19. The second-order valence-electron chi connectivity index (χ2n) is 11.0. The molecule has 1 aromatic carbocycles. The molecule has 2 aromatic rings. The molecule has 8 heteroatoms. The summed E-state index contributed by atoms with van der Waals surface area (Å²) in [6, 6.07) is 8.15. The Bertz CT molecular complexity index is 1300. The van der Waals surface area contributed by atoms with Crippen LogP contribution < -0.4 is 9.47 Å². The van der Waals surface area contributed by atoms with Crippen LogP contribution in [0.1, 0.15) is 48.9 Å². The zero-order valence-electron chi connectivity index (χ0n) is 21.1. The Morgan fingerprint density at radius 2 is 2.08 bits per heavy atom. The number of rotatable bonds is 3. The van der Waals surface area contributed by atoms with Crippen LogP contribution in [-0.4, -0.2) is 65.2 Å². The van der Waals surface area contributed by atoms with Gasteiger partial charge in [0.25, 0.3) is 0 Å². The summed E-state index contributed by atoms with van der Waals surface area (Å²) in [6.45, 7) is 2.99. The largest absolute Gasteiger partial charge is 0.481 e. The first-order valence-corrected chi connectivity index (χ1v) is 13.2. The monoisotopic (exact) mass is 501 g/mol. The summed E-state index contributed by atoms with van der Waals surface area (Å²) >= 11 is 0. The molecule has 8 nitrogen and oxygen atoms in total. The summed E-state index contributed by atoms with van der Waals surface area (Å²) in [5, 5.41) is 0. The minimum absolute atomic E-state index is 0.0362. The number of nitrogens with zero attached hydrogens (tertiary/aromatic N) is 3. The van der Waals surface area contributed by atoms with Crippen LogP contribution in [0.5, 0.6) is 11.5 Å². The van der Waals surface area contributed by atoms with Crippen molar-refractivity contribution in [2.75, 3.05) is 20.1 Å². The van der Waals surface area contributed by atoms with Crippen molar-refractivity contribution in [3.05, 3.63) is 65.5 Å². The number of ether oxygens (including phenoxy) is 3. The average Bonchev–Trinajstić information content (AvgIpc) is 3.52. The Morgan fingerprint density at radius 3 is 2.89 bits per heavy atom. The third kappa shape index (κ3) is 3.27. The van der Waals surface area contributed by atoms with Gasteiger partial charge in [0.05, 0.1) is 6.04 Å². The van der Waals surface area contributed by atoms with E-state index in [0.717, 1.165) is 43.4 Å². The van der Waals surface area contributed by atoms with Gasteiger partial charge in [-0.25, -0.2) is 4.79 Å². The maximum atomic E-state index is 13.6. The van der Waals surface area contributed by atoms with Crippen molar-refractivity contribution in [1.29, 1.82) is 0 Å². The molecule has 0 N–H and O–H groups in total. The number of hydrogen-bond donors (Lipinski definition) is 0. The number of amides is 1. The molecular weight excluding hydrogens is 470 g/mol. The van der Waals surface area contributed by atoms with E-state index in [9.17, 15) is 9.59 Å². The normalized spacial score (nSPS) is 33.0. The number of likely N-dealkylation sites (tertiary alicyclic amines) is 2. The molecule has 37 heavy (non-hydrogen) atoms. The summed E-state index contributed by atoms with van der Waals surface area (Å²) in [6.07, 6.45) is 10.2. The fourth-order valence-electron chi connectivity index (χ4n) is 7.63. The average molecular weight is 502 g/mol. The summed E-state index contributed by atoms with van der Waals surface area (Å²) in [5.74, 6) is 0.956. The molecule has 2 saturated heterocycles. The third-order valence-electron chi connectivity index (χ3n) is 9.16. The van der Waals surface area contributed by atoms with Crippen molar-refractivity contribution in [1.82, 2.24) is 14.8 Å². The van der Waals surface area contributed by atoms with E-state index in [2.05, 4.69) is 29.1 Å². The van der Waals surface area contributed by atoms with Crippen LogP contribution in [0.25, 0.3) is 0 Å². The first-order valence-electron chi connectivity index (χ1n) is 13.2. The molecule has 6 atom stereocenters. The van der Waals surface area contributed by atoms with E-state index in [4.69, 9.17) is 14.2 Å². The predicted octanol–water partition coefficient (Wildman–Crippen LogP) is 3.79. The van der Waals surface area contributed by atoms with E-state index in [1.54, 1.807) is 6.20 Å². The van der Waals surface area contributed by atoms with E-state index >= 15 is 0 Å². The van der Waals surface area contributed by atoms with Gasteiger partial charge in [-0.15, -0.1) is 0 Å². The van der Waals surface area contributed by atoms with Gasteiger partial charge in [0.1, 0.15) is 6.10 Å². The van der Waals surface area contributed by atoms with Crippen LogP contribution in [0.2, 0.25) is 0 Å². The predicted molar refractivity (Wildman–Crippen MR) is 134 cm³/mol. The lowest BCUT2D eigenvalue weighted by Crippen LogP contribution is -2.65. The Morgan fingerprint density at radius 1 is 1.19 bits per heavy atom. The number of esters is 1. The molecular formula is C29H31N3O5. The van der Waals surface area contributed by atoms with Crippen LogP contribution >= 0.6 is 0 Å². The molecule has 0 saturated carbocycles. The second kappa shape index (κ2) is 8.31. The topological polar surface area (TPSA) is 81.2 Å². The molecule has 7 rings (SSSR count). The summed E-state index contributed by atoms with van der Waals surface area (Å²) in [4.78, 5) is 34.0. The maximum Gasteiger partial charge on any atom is 0.411 e. The van der Waals surface area contributed by atoms with Gasteiger partial charge in [-0.3, -0.25) is 9.78 Å². The third-order valence-corrected chi connectivity index (χ3v) is 9.16. The maximum absolute atomic E-state index is 13.6. The standard InChI is InChI=1S/C29H31N3O5/c1-17(33)35-23-9-7-18-15-22-20-8-10-24(27-29(20,11-14-31(22)2)25(18)26(23)37-27)36-28(34)32-13-4-6-21(32)19-5-3-12-30-16-19/h3,5,7-10,12,16,20-22,24,27H,4,6,11,13-15H2,1-2H3/t20-,21-,22-,24-,27-,29-/m0/s1. The quantitative estimate of drug-likeness (QED) is 0.360. The van der Waals surface area contributed by atoms with Crippen molar-refractivity contribution < 1.29 is 23.8 Å². The number of benzene rings is 1. The van der Waals surface area contributed by atoms with Crippen LogP contribution in [0.3, 0.4) is 0 Å². The van der Waals surface area contributed by atoms with Crippen molar-refractivity contribution in [2.24, 2.45) is 5.92 Å². The molecule has 2 aliphatic carbocycles. The van der Waals surface area contributed by atoms with Crippen LogP contribution in [0.4, 0.5) is 4.79 Å². The number of carbonyl (C=O) groups excluding carboxylic acids is 2. The molecule has 1 spiro atoms. The highest BCUT2D eigenvalue weighted by Crippen LogP contribution is 2.62. The van der Waals surface area contributed by atoms with Crippen molar-refractivity contribution in [3.8, 4) is 11.5 Å². The number of pyridine rings is 1. The number of carbonyl (C=O) groups is 2. The van der Waals surface area contributed by atoms with Gasteiger partial charge in [-0.05, 0) is 68.6 Å². The minimum Gasteiger partial charge on any atom is -0.481 e. The molecule has 3 aliphatic heterocycles. The number of aromatic nitrogens is 1. The molecule has 192 valence electrons. The van der Waals surface area contributed by atoms with Crippen LogP contribution in [-0.2, 0) is 21.4 Å². The van der Waals surface area contributed by atoms with E-state index in [1.165, 1.54) is 12.5 Å². The van der Waals surface area contributed by atoms with Crippen molar-refractivity contribution in [2.45, 2.75) is 62.3 Å². The van der Waals surface area contributed by atoms with Gasteiger partial charge in [0, 0.05) is 48.8 Å². The van der Waals surface area contributed by atoms with Gasteiger partial charge in [-0.1, -0.05) is 18.2 Å². The van der Waals surface area contributed by atoms with Crippen molar-refractivity contribution >= 4 is 12.1 Å². The lowest BCUT2D eigenvalue weighted by atomic mass is 9.53. The van der Waals surface area contributed by atoms with Gasteiger partial charge >= 0.3 is 12.1 Å². The Hall–Kier alpha value is -3.39. The first kappa shape index (κ1) is 22.8. The number of piperidine rings is 1. The van der Waals surface area contributed by atoms with E-state index < -0.39 is 6.10 Å². The molecule has 2 bridgehead atoms. The Kier molecular flexibility index (Phi) is 5.12. The van der Waals surface area contributed by atoms with Crippen molar-refractivity contribution in [3.63, 3.8) is 0 Å². The molecule has 4 heterocycles. The molecule has 1 amide bonds. The van der Waals surface area contributed by atoms with Gasteiger partial charge in [0.15, 0.2) is 17.6 Å². The zero-order valence-corrected chi connectivity index (χ0v) is 21.1. The molecule has 2 fully saturated rings. The lowest BCUT2D eigenvalue weighted by molar-refractivity contribution is -0.132. The fourth-order valence-corrected chi connectivity index (χ4v) is 7.63. The lowest BCUT2D eigenvalue weighted by Gasteiger charge is -2.56. The van der Waals surface area contributed by atoms with Crippen LogP contribution in [0.15, 0.2) is 48.8 Å². The van der Waals surface area contributed by atoms with Gasteiger partial charge in [-0.2, -0.15) is 0 Å². The summed E-state index contributed by atoms with van der Waals surface area (Å²) < 4.78 is 18.5. The molecule has 5 aliphatic rings. The van der Waals surface area contributed by atoms with Gasteiger partial charge < -0.3 is 24.0 Å². The highest BCUT2D eigenvalue weighted by Gasteiger charge is 2.65. The SMILES string of the molecule is CC(=O)Oc1ccc2c3c1O[C@H]1[C@@H](OC(=O)N4CCC[C@H]4c4cccnc4)C=C[C@H]4[C@H](C2)N(C)CC[C@@]341. The smallest absolute Gasteiger partial charge is 0.411 e. The van der Waals surface area contributed by atoms with E-state index in [-0.39, 0.29) is 35.5 Å². The summed E-state index contributed by atoms with van der Waals surface area (Å²) in [5.41, 5.74) is 3.09. The van der Waals surface area contributed by atoms with Crippen LogP contribution in [0, 0.1) is 5.92 Å². The Balaban J connectivity index is 1.24. The van der Waals surface area contributed by atoms with Gasteiger partial charge in [0.2, 0.25) is 0 Å². The second-order valence-corrected chi connectivity index (χ2v) is 11.0. The Labute approximate surface area is 216 Å². The number of likely N-dealkylation sites (N-methyl/N-ethyl adjacent to an activating group) is 1. The highest BCUT2D eigenvalue weighted by molar-refractivity contribution is 5.73. The fraction of sp³-hybridized carbons (Fsp3) is 0.483. The highest BCUT2D eigenvalue weighted by atomic mass is 16.6. The zero-order chi connectivity index (χ0) is 25.3. The first-order chi connectivity index (χ1) is 18.0. The molecule has 0 radical (unpaired) electrons. The molecule has 1 aromatic heterocycles. The van der Waals surface area contributed by atoms with E-state index in [0.29, 0.717) is 24.1 Å².